The summed E-state index contributed by atoms with van der Waals surface area (Å²) in [6.07, 6.45) is 1.47. The van der Waals surface area contributed by atoms with Crippen molar-refractivity contribution in [3.63, 3.8) is 0 Å². The van der Waals surface area contributed by atoms with E-state index in [-0.39, 0.29) is 11.8 Å². The van der Waals surface area contributed by atoms with Crippen molar-refractivity contribution >= 4 is 11.7 Å². The topological polar surface area (TPSA) is 41.1 Å². The number of anilines is 1. The van der Waals surface area contributed by atoms with E-state index in [1.165, 1.54) is 6.07 Å². The lowest BCUT2D eigenvalue weighted by Gasteiger charge is -2.16. The van der Waals surface area contributed by atoms with Gasteiger partial charge in [0.15, 0.2) is 0 Å². The molecule has 0 fully saturated rings. The SMILES string of the molecule is CCC(C)c1ccccc1NC(=O)NCCc1ccccc1F. The van der Waals surface area contributed by atoms with Crippen molar-refractivity contribution < 1.29 is 9.18 Å². The van der Waals surface area contributed by atoms with Crippen LogP contribution in [-0.4, -0.2) is 12.6 Å². The molecule has 0 bridgehead atoms. The van der Waals surface area contributed by atoms with Gasteiger partial charge >= 0.3 is 6.03 Å². The summed E-state index contributed by atoms with van der Waals surface area (Å²) >= 11 is 0. The number of benzene rings is 2. The number of carbonyl (C=O) groups is 1. The number of hydrogen-bond acceptors (Lipinski definition) is 1. The highest BCUT2D eigenvalue weighted by molar-refractivity contribution is 5.90. The quantitative estimate of drug-likeness (QED) is 0.797. The van der Waals surface area contributed by atoms with Crippen LogP contribution in [0.4, 0.5) is 14.9 Å². The summed E-state index contributed by atoms with van der Waals surface area (Å²) in [7, 11) is 0. The standard InChI is InChI=1S/C19H23FN2O/c1-3-14(2)16-9-5-7-11-18(16)22-19(23)21-13-12-15-8-4-6-10-17(15)20/h4-11,14H,3,12-13H2,1-2H3,(H2,21,22,23). The van der Waals surface area contributed by atoms with Crippen LogP contribution < -0.4 is 10.6 Å². The molecule has 4 heteroatoms. The molecule has 0 spiro atoms. The Morgan fingerprint density at radius 2 is 1.83 bits per heavy atom. The minimum absolute atomic E-state index is 0.239. The van der Waals surface area contributed by atoms with E-state index >= 15 is 0 Å². The van der Waals surface area contributed by atoms with Gasteiger partial charge in [-0.25, -0.2) is 9.18 Å². The molecule has 122 valence electrons. The number of carbonyl (C=O) groups excluding carboxylic acids is 1. The van der Waals surface area contributed by atoms with Gasteiger partial charge < -0.3 is 10.6 Å². The predicted octanol–water partition coefficient (Wildman–Crippen LogP) is 4.70. The van der Waals surface area contributed by atoms with Crippen molar-refractivity contribution in [2.45, 2.75) is 32.6 Å². The molecule has 0 saturated carbocycles. The summed E-state index contributed by atoms with van der Waals surface area (Å²) in [4.78, 5) is 12.0. The third-order valence-corrected chi connectivity index (χ3v) is 3.99. The Labute approximate surface area is 136 Å². The fourth-order valence-corrected chi connectivity index (χ4v) is 2.44. The summed E-state index contributed by atoms with van der Waals surface area (Å²) in [6.45, 7) is 4.64. The van der Waals surface area contributed by atoms with Crippen LogP contribution in [0, 0.1) is 5.82 Å². The molecule has 0 aliphatic heterocycles. The second kappa shape index (κ2) is 8.32. The Kier molecular flexibility index (Phi) is 6.15. The predicted molar refractivity (Wildman–Crippen MR) is 92.3 cm³/mol. The number of rotatable bonds is 6. The van der Waals surface area contributed by atoms with E-state index in [9.17, 15) is 9.18 Å². The summed E-state index contributed by atoms with van der Waals surface area (Å²) in [5, 5.41) is 5.66. The Bertz CT molecular complexity index is 657. The van der Waals surface area contributed by atoms with Gasteiger partial charge in [0.25, 0.3) is 0 Å². The number of hydrogen-bond donors (Lipinski definition) is 2. The van der Waals surface area contributed by atoms with Gasteiger partial charge in [0, 0.05) is 12.2 Å². The Hall–Kier alpha value is -2.36. The largest absolute Gasteiger partial charge is 0.338 e. The molecule has 23 heavy (non-hydrogen) atoms. The van der Waals surface area contributed by atoms with E-state index in [0.29, 0.717) is 24.4 Å². The molecular weight excluding hydrogens is 291 g/mol. The number of urea groups is 1. The van der Waals surface area contributed by atoms with Crippen LogP contribution in [0.25, 0.3) is 0 Å². The molecule has 0 saturated heterocycles. The minimum atomic E-state index is -0.267. The number of halogens is 1. The van der Waals surface area contributed by atoms with Crippen LogP contribution in [0.1, 0.15) is 37.3 Å². The van der Waals surface area contributed by atoms with E-state index in [1.807, 2.05) is 24.3 Å². The van der Waals surface area contributed by atoms with Crippen LogP contribution in [0.15, 0.2) is 48.5 Å². The summed E-state index contributed by atoms with van der Waals surface area (Å²) in [5.74, 6) is 0.140. The molecule has 0 heterocycles. The molecule has 0 aliphatic rings. The maximum Gasteiger partial charge on any atom is 0.319 e. The highest BCUT2D eigenvalue weighted by Gasteiger charge is 2.10. The number of para-hydroxylation sites is 1. The fraction of sp³-hybridized carbons (Fsp3) is 0.316. The van der Waals surface area contributed by atoms with Gasteiger partial charge in [-0.3, -0.25) is 0 Å². The van der Waals surface area contributed by atoms with Gasteiger partial charge in [-0.05, 0) is 42.0 Å². The monoisotopic (exact) mass is 314 g/mol. The lowest BCUT2D eigenvalue weighted by Crippen LogP contribution is -2.31. The highest BCUT2D eigenvalue weighted by atomic mass is 19.1. The van der Waals surface area contributed by atoms with Crippen LogP contribution in [0.3, 0.4) is 0 Å². The van der Waals surface area contributed by atoms with Crippen molar-refractivity contribution in [2.24, 2.45) is 0 Å². The molecule has 2 aromatic rings. The first kappa shape index (κ1) is 17.0. The zero-order chi connectivity index (χ0) is 16.7. The first-order chi connectivity index (χ1) is 11.1. The molecule has 2 N–H and O–H groups in total. The molecule has 2 amide bonds. The second-order valence-corrected chi connectivity index (χ2v) is 5.62. The molecule has 1 atom stereocenters. The first-order valence-corrected chi connectivity index (χ1v) is 7.99. The Morgan fingerprint density at radius 1 is 1.13 bits per heavy atom. The Balaban J connectivity index is 1.89. The van der Waals surface area contributed by atoms with E-state index in [2.05, 4.69) is 24.5 Å². The molecular formula is C19H23FN2O. The van der Waals surface area contributed by atoms with E-state index in [0.717, 1.165) is 17.7 Å². The van der Waals surface area contributed by atoms with Crippen molar-refractivity contribution in [2.75, 3.05) is 11.9 Å². The van der Waals surface area contributed by atoms with Crippen molar-refractivity contribution in [3.8, 4) is 0 Å². The third kappa shape index (κ3) is 4.81. The van der Waals surface area contributed by atoms with Gasteiger partial charge in [0.2, 0.25) is 0 Å². The molecule has 0 radical (unpaired) electrons. The lowest BCUT2D eigenvalue weighted by atomic mass is 9.97. The van der Waals surface area contributed by atoms with Crippen molar-refractivity contribution in [1.29, 1.82) is 0 Å². The Morgan fingerprint density at radius 3 is 2.57 bits per heavy atom. The fourth-order valence-electron chi connectivity index (χ4n) is 2.44. The van der Waals surface area contributed by atoms with Gasteiger partial charge in [0.05, 0.1) is 0 Å². The smallest absolute Gasteiger partial charge is 0.319 e. The molecule has 2 rings (SSSR count). The molecule has 2 aromatic carbocycles. The molecule has 0 aromatic heterocycles. The van der Waals surface area contributed by atoms with E-state index in [1.54, 1.807) is 18.2 Å². The number of amides is 2. The molecule has 0 aliphatic carbocycles. The third-order valence-electron chi connectivity index (χ3n) is 3.99. The highest BCUT2D eigenvalue weighted by Crippen LogP contribution is 2.26. The lowest BCUT2D eigenvalue weighted by molar-refractivity contribution is 0.252. The second-order valence-electron chi connectivity index (χ2n) is 5.62. The average Bonchev–Trinajstić information content (AvgIpc) is 2.56. The van der Waals surface area contributed by atoms with Crippen LogP contribution >= 0.6 is 0 Å². The minimum Gasteiger partial charge on any atom is -0.338 e. The van der Waals surface area contributed by atoms with Gasteiger partial charge in [-0.2, -0.15) is 0 Å². The van der Waals surface area contributed by atoms with E-state index in [4.69, 9.17) is 0 Å². The summed E-state index contributed by atoms with van der Waals surface area (Å²) in [6, 6.07) is 14.2. The summed E-state index contributed by atoms with van der Waals surface area (Å²) < 4.78 is 13.5. The van der Waals surface area contributed by atoms with Crippen LogP contribution in [-0.2, 0) is 6.42 Å². The maximum atomic E-state index is 13.5. The first-order valence-electron chi connectivity index (χ1n) is 7.99. The summed E-state index contributed by atoms with van der Waals surface area (Å²) in [5.41, 5.74) is 2.55. The van der Waals surface area contributed by atoms with Gasteiger partial charge in [-0.1, -0.05) is 50.2 Å². The maximum absolute atomic E-state index is 13.5. The van der Waals surface area contributed by atoms with Crippen molar-refractivity contribution in [3.05, 3.63) is 65.5 Å². The van der Waals surface area contributed by atoms with E-state index < -0.39 is 0 Å². The normalized spacial score (nSPS) is 11.8. The average molecular weight is 314 g/mol. The zero-order valence-corrected chi connectivity index (χ0v) is 13.6. The zero-order valence-electron chi connectivity index (χ0n) is 13.6. The number of nitrogens with one attached hydrogen (secondary N) is 2. The van der Waals surface area contributed by atoms with Crippen molar-refractivity contribution in [1.82, 2.24) is 5.32 Å². The molecule has 1 unspecified atom stereocenters. The molecule has 3 nitrogen and oxygen atoms in total. The van der Waals surface area contributed by atoms with Crippen LogP contribution in [0.2, 0.25) is 0 Å². The van der Waals surface area contributed by atoms with Gasteiger partial charge in [-0.15, -0.1) is 0 Å². The van der Waals surface area contributed by atoms with Crippen LogP contribution in [0.5, 0.6) is 0 Å². The van der Waals surface area contributed by atoms with Gasteiger partial charge in [0.1, 0.15) is 5.82 Å².